The SMILES string of the molecule is C=CCOc1ccc([C@H]2/C(=C(\O)c3ccc(OCCC)cc3)C(=O)C(=O)N2c2cc(C)on2)cc1. The molecule has 1 aromatic heterocycles. The second kappa shape index (κ2) is 10.3. The van der Waals surface area contributed by atoms with Crippen molar-refractivity contribution < 1.29 is 28.7 Å². The van der Waals surface area contributed by atoms with Gasteiger partial charge in [0, 0.05) is 11.6 Å². The van der Waals surface area contributed by atoms with Gasteiger partial charge in [0.05, 0.1) is 18.2 Å². The first-order valence-corrected chi connectivity index (χ1v) is 11.3. The quantitative estimate of drug-likeness (QED) is 0.202. The standard InChI is InChI=1S/C27H26N2O6/c1-4-14-33-20-10-6-18(7-11-20)24-23(25(30)19-8-12-21(13-9-19)34-15-5-2)26(31)27(32)29(24)22-16-17(3)35-28-22/h4,6-13,16,24,30H,1,5,14-15H2,2-3H3/b25-23+/t24-/m0/s1. The first-order chi connectivity index (χ1) is 16.9. The summed E-state index contributed by atoms with van der Waals surface area (Å²) in [5.74, 6) is 0.0100. The minimum atomic E-state index is -0.913. The molecule has 3 aromatic rings. The lowest BCUT2D eigenvalue weighted by molar-refractivity contribution is -0.132. The van der Waals surface area contributed by atoms with Crippen LogP contribution >= 0.6 is 0 Å². The van der Waals surface area contributed by atoms with Gasteiger partial charge in [0.25, 0.3) is 5.78 Å². The predicted molar refractivity (Wildman–Crippen MR) is 130 cm³/mol. The molecule has 35 heavy (non-hydrogen) atoms. The van der Waals surface area contributed by atoms with Crippen LogP contribution in [0.5, 0.6) is 11.5 Å². The van der Waals surface area contributed by atoms with Crippen LogP contribution < -0.4 is 14.4 Å². The van der Waals surface area contributed by atoms with Crippen LogP contribution in [0.2, 0.25) is 0 Å². The van der Waals surface area contributed by atoms with Gasteiger partial charge in [0.15, 0.2) is 5.82 Å². The largest absolute Gasteiger partial charge is 0.507 e. The second-order valence-corrected chi connectivity index (χ2v) is 8.01. The average Bonchev–Trinajstić information content (AvgIpc) is 3.42. The Kier molecular flexibility index (Phi) is 7.01. The van der Waals surface area contributed by atoms with Gasteiger partial charge in [-0.25, -0.2) is 0 Å². The molecule has 2 heterocycles. The summed E-state index contributed by atoms with van der Waals surface area (Å²) in [4.78, 5) is 27.5. The number of rotatable bonds is 9. The fraction of sp³-hybridized carbons (Fsp3) is 0.222. The van der Waals surface area contributed by atoms with Crippen LogP contribution in [0.25, 0.3) is 5.76 Å². The normalized spacial score (nSPS) is 17.0. The number of hydrogen-bond acceptors (Lipinski definition) is 7. The number of aliphatic hydroxyl groups is 1. The smallest absolute Gasteiger partial charge is 0.301 e. The van der Waals surface area contributed by atoms with Crippen LogP contribution in [0.15, 0.2) is 77.3 Å². The molecule has 1 amide bonds. The number of carbonyl (C=O) groups excluding carboxylic acids is 2. The van der Waals surface area contributed by atoms with Crippen LogP contribution in [0.4, 0.5) is 5.82 Å². The molecule has 0 unspecified atom stereocenters. The van der Waals surface area contributed by atoms with Gasteiger partial charge in [-0.3, -0.25) is 14.5 Å². The van der Waals surface area contributed by atoms with E-state index in [9.17, 15) is 14.7 Å². The van der Waals surface area contributed by atoms with E-state index in [1.165, 1.54) is 4.90 Å². The summed E-state index contributed by atoms with van der Waals surface area (Å²) in [6.45, 7) is 8.24. The first kappa shape index (κ1) is 23.8. The number of anilines is 1. The van der Waals surface area contributed by atoms with Crippen molar-refractivity contribution in [3.8, 4) is 11.5 Å². The lowest BCUT2D eigenvalue weighted by Gasteiger charge is -2.23. The van der Waals surface area contributed by atoms with Crippen molar-refractivity contribution in [2.45, 2.75) is 26.3 Å². The third kappa shape index (κ3) is 4.82. The molecule has 1 N–H and O–H groups in total. The van der Waals surface area contributed by atoms with Gasteiger partial charge in [-0.05, 0) is 55.3 Å². The number of Topliss-reactive ketones (excluding diaryl/α,β-unsaturated/α-hetero) is 1. The number of ketones is 1. The minimum absolute atomic E-state index is 0.0439. The third-order valence-electron chi connectivity index (χ3n) is 5.47. The topological polar surface area (TPSA) is 102 Å². The molecule has 0 radical (unpaired) electrons. The van der Waals surface area contributed by atoms with Crippen LogP contribution in [0, 0.1) is 6.92 Å². The zero-order valence-electron chi connectivity index (χ0n) is 19.6. The van der Waals surface area contributed by atoms with Gasteiger partial charge < -0.3 is 19.1 Å². The van der Waals surface area contributed by atoms with Crippen LogP contribution in [-0.4, -0.2) is 35.2 Å². The predicted octanol–water partition coefficient (Wildman–Crippen LogP) is 4.96. The average molecular weight is 475 g/mol. The molecular weight excluding hydrogens is 448 g/mol. The summed E-state index contributed by atoms with van der Waals surface area (Å²) in [5, 5.41) is 15.2. The minimum Gasteiger partial charge on any atom is -0.507 e. The Morgan fingerprint density at radius 3 is 2.37 bits per heavy atom. The molecule has 8 nitrogen and oxygen atoms in total. The zero-order chi connectivity index (χ0) is 24.9. The summed E-state index contributed by atoms with van der Waals surface area (Å²) in [6, 6.07) is 14.3. The van der Waals surface area contributed by atoms with Crippen molar-refractivity contribution >= 4 is 23.3 Å². The van der Waals surface area contributed by atoms with Crippen molar-refractivity contribution in [2.75, 3.05) is 18.1 Å². The molecule has 180 valence electrons. The highest BCUT2D eigenvalue weighted by atomic mass is 16.5. The van der Waals surface area contributed by atoms with Crippen LogP contribution in [-0.2, 0) is 9.59 Å². The molecule has 8 heteroatoms. The molecule has 1 fully saturated rings. The van der Waals surface area contributed by atoms with Crippen molar-refractivity contribution in [3.05, 3.63) is 89.7 Å². The molecule has 4 rings (SSSR count). The Balaban J connectivity index is 1.79. The van der Waals surface area contributed by atoms with E-state index in [-0.39, 0.29) is 17.2 Å². The summed E-state index contributed by atoms with van der Waals surface area (Å²) >= 11 is 0. The molecule has 1 aliphatic rings. The lowest BCUT2D eigenvalue weighted by Crippen LogP contribution is -2.29. The Morgan fingerprint density at radius 2 is 1.77 bits per heavy atom. The molecular formula is C27H26N2O6. The van der Waals surface area contributed by atoms with Crippen LogP contribution in [0.1, 0.15) is 36.3 Å². The number of nitrogens with zero attached hydrogens (tertiary/aromatic N) is 2. The molecule has 0 aliphatic carbocycles. The maximum Gasteiger partial charge on any atom is 0.301 e. The van der Waals surface area contributed by atoms with E-state index in [0.717, 1.165) is 6.42 Å². The summed E-state index contributed by atoms with van der Waals surface area (Å²) in [5.41, 5.74) is 0.942. The second-order valence-electron chi connectivity index (χ2n) is 8.01. The molecule has 2 aromatic carbocycles. The van der Waals surface area contributed by atoms with Crippen molar-refractivity contribution in [2.24, 2.45) is 0 Å². The van der Waals surface area contributed by atoms with Gasteiger partial charge in [-0.15, -0.1) is 0 Å². The zero-order valence-corrected chi connectivity index (χ0v) is 19.6. The number of aliphatic hydroxyl groups excluding tert-OH is 1. The molecule has 1 aliphatic heterocycles. The number of aromatic nitrogens is 1. The highest BCUT2D eigenvalue weighted by molar-refractivity contribution is 6.51. The van der Waals surface area contributed by atoms with Gasteiger partial charge >= 0.3 is 5.91 Å². The number of hydrogen-bond donors (Lipinski definition) is 1. The van der Waals surface area contributed by atoms with Gasteiger partial charge in [-0.2, -0.15) is 0 Å². The number of aryl methyl sites for hydroxylation is 1. The van der Waals surface area contributed by atoms with Gasteiger partial charge in [-0.1, -0.05) is 36.9 Å². The number of carbonyl (C=O) groups is 2. The number of ether oxygens (including phenoxy) is 2. The maximum absolute atomic E-state index is 13.2. The van der Waals surface area contributed by atoms with Crippen molar-refractivity contribution in [3.63, 3.8) is 0 Å². The fourth-order valence-corrected chi connectivity index (χ4v) is 3.84. The van der Waals surface area contributed by atoms with E-state index in [4.69, 9.17) is 14.0 Å². The Morgan fingerprint density at radius 1 is 1.11 bits per heavy atom. The molecule has 0 spiro atoms. The van der Waals surface area contributed by atoms with Gasteiger partial charge in [0.2, 0.25) is 0 Å². The summed E-state index contributed by atoms with van der Waals surface area (Å²) in [7, 11) is 0. The molecule has 1 atom stereocenters. The Hall–Kier alpha value is -4.33. The molecule has 1 saturated heterocycles. The van der Waals surface area contributed by atoms with Crippen molar-refractivity contribution in [1.82, 2.24) is 5.16 Å². The van der Waals surface area contributed by atoms with E-state index in [2.05, 4.69) is 11.7 Å². The summed E-state index contributed by atoms with van der Waals surface area (Å²) < 4.78 is 16.3. The van der Waals surface area contributed by atoms with E-state index < -0.39 is 17.7 Å². The monoisotopic (exact) mass is 474 g/mol. The van der Waals surface area contributed by atoms with E-state index in [0.29, 0.717) is 41.6 Å². The highest BCUT2D eigenvalue weighted by Gasteiger charge is 2.48. The number of benzene rings is 2. The number of amides is 1. The highest BCUT2D eigenvalue weighted by Crippen LogP contribution is 2.42. The lowest BCUT2D eigenvalue weighted by atomic mass is 9.95. The summed E-state index contributed by atoms with van der Waals surface area (Å²) in [6.07, 6.45) is 2.50. The van der Waals surface area contributed by atoms with E-state index in [1.54, 1.807) is 67.6 Å². The Labute approximate surface area is 203 Å². The fourth-order valence-electron chi connectivity index (χ4n) is 3.84. The maximum atomic E-state index is 13.2. The first-order valence-electron chi connectivity index (χ1n) is 11.3. The molecule has 0 bridgehead atoms. The van der Waals surface area contributed by atoms with Gasteiger partial charge in [0.1, 0.15) is 29.6 Å². The molecule has 0 saturated carbocycles. The van der Waals surface area contributed by atoms with E-state index in [1.807, 2.05) is 6.92 Å². The third-order valence-corrected chi connectivity index (χ3v) is 5.47. The van der Waals surface area contributed by atoms with Crippen LogP contribution in [0.3, 0.4) is 0 Å². The Bertz CT molecular complexity index is 1260. The van der Waals surface area contributed by atoms with E-state index >= 15 is 0 Å². The van der Waals surface area contributed by atoms with Crippen molar-refractivity contribution in [1.29, 1.82) is 0 Å².